The molecule has 23 heavy (non-hydrogen) atoms. The molecule has 0 bridgehead atoms. The summed E-state index contributed by atoms with van der Waals surface area (Å²) >= 11 is 0. The number of aromatic nitrogens is 1. The van der Waals surface area contributed by atoms with Gasteiger partial charge in [0, 0.05) is 50.7 Å². The molecule has 1 aliphatic carbocycles. The Hall–Kier alpha value is -2.30. The van der Waals surface area contributed by atoms with Crippen LogP contribution in [0.4, 0.5) is 0 Å². The van der Waals surface area contributed by atoms with Gasteiger partial charge in [-0.15, -0.1) is 0 Å². The third-order valence-corrected chi connectivity index (χ3v) is 4.61. The van der Waals surface area contributed by atoms with Crippen LogP contribution in [0.1, 0.15) is 34.2 Å². The van der Waals surface area contributed by atoms with Crippen molar-refractivity contribution in [1.82, 2.24) is 14.4 Å². The van der Waals surface area contributed by atoms with Crippen LogP contribution in [0.3, 0.4) is 0 Å². The molecule has 1 aliphatic heterocycles. The molecule has 1 saturated heterocycles. The topological polar surface area (TPSA) is 45.6 Å². The molecule has 0 N–H and O–H groups in total. The van der Waals surface area contributed by atoms with E-state index in [1.165, 1.54) is 5.70 Å². The molecule has 0 radical (unpaired) electrons. The number of aldehydes is 1. The van der Waals surface area contributed by atoms with E-state index in [0.717, 1.165) is 25.8 Å². The smallest absolute Gasteiger partial charge is 0.270 e. The average molecular weight is 313 g/mol. The van der Waals surface area contributed by atoms with Gasteiger partial charge in [-0.1, -0.05) is 19.1 Å². The minimum Gasteiger partial charge on any atom is -0.368 e. The lowest BCUT2D eigenvalue weighted by Gasteiger charge is -2.37. The van der Waals surface area contributed by atoms with Gasteiger partial charge in [0.1, 0.15) is 5.69 Å². The largest absolute Gasteiger partial charge is 0.368 e. The number of carbonyl (C=O) groups is 2. The van der Waals surface area contributed by atoms with E-state index in [9.17, 15) is 9.59 Å². The van der Waals surface area contributed by atoms with E-state index < -0.39 is 0 Å². The van der Waals surface area contributed by atoms with Crippen molar-refractivity contribution in [3.63, 3.8) is 0 Å². The summed E-state index contributed by atoms with van der Waals surface area (Å²) in [5, 5.41) is 0. The van der Waals surface area contributed by atoms with Gasteiger partial charge >= 0.3 is 0 Å². The van der Waals surface area contributed by atoms with Gasteiger partial charge in [-0.05, 0) is 24.5 Å². The molecular formula is C18H23N3O2. The first-order valence-electron chi connectivity index (χ1n) is 8.12. The highest BCUT2D eigenvalue weighted by Crippen LogP contribution is 2.20. The predicted molar refractivity (Wildman–Crippen MR) is 89.3 cm³/mol. The molecule has 2 aliphatic rings. The number of aryl methyl sites for hydroxylation is 1. The van der Waals surface area contributed by atoms with Crippen molar-refractivity contribution in [2.75, 3.05) is 26.2 Å². The van der Waals surface area contributed by atoms with Crippen LogP contribution in [0.15, 0.2) is 36.2 Å². The van der Waals surface area contributed by atoms with Crippen molar-refractivity contribution in [3.8, 4) is 0 Å². The Labute approximate surface area is 136 Å². The summed E-state index contributed by atoms with van der Waals surface area (Å²) in [6.07, 6.45) is 10.3. The third-order valence-electron chi connectivity index (χ3n) is 4.61. The van der Waals surface area contributed by atoms with E-state index in [4.69, 9.17) is 0 Å². The van der Waals surface area contributed by atoms with Crippen LogP contribution < -0.4 is 0 Å². The highest BCUT2D eigenvalue weighted by molar-refractivity contribution is 5.94. The number of hydrogen-bond acceptors (Lipinski definition) is 3. The Morgan fingerprint density at radius 2 is 2.00 bits per heavy atom. The summed E-state index contributed by atoms with van der Waals surface area (Å²) in [6, 6.07) is 1.66. The molecule has 5 heteroatoms. The number of rotatable bonds is 3. The van der Waals surface area contributed by atoms with E-state index in [1.807, 2.05) is 4.90 Å². The van der Waals surface area contributed by atoms with Gasteiger partial charge in [0.05, 0.1) is 0 Å². The van der Waals surface area contributed by atoms with E-state index in [2.05, 4.69) is 30.1 Å². The van der Waals surface area contributed by atoms with Gasteiger partial charge in [0.15, 0.2) is 6.29 Å². The van der Waals surface area contributed by atoms with Crippen molar-refractivity contribution < 1.29 is 9.59 Å². The first-order valence-corrected chi connectivity index (χ1v) is 8.12. The zero-order valence-electron chi connectivity index (χ0n) is 13.7. The number of carbonyl (C=O) groups excluding carboxylic acids is 2. The van der Waals surface area contributed by atoms with Crippen molar-refractivity contribution in [2.24, 2.45) is 13.0 Å². The lowest BCUT2D eigenvalue weighted by Crippen LogP contribution is -2.48. The highest BCUT2D eigenvalue weighted by Gasteiger charge is 2.25. The molecule has 1 aromatic heterocycles. The zero-order chi connectivity index (χ0) is 16.4. The second-order valence-electron chi connectivity index (χ2n) is 6.37. The fourth-order valence-electron chi connectivity index (χ4n) is 3.15. The van der Waals surface area contributed by atoms with E-state index >= 15 is 0 Å². The lowest BCUT2D eigenvalue weighted by molar-refractivity contribution is 0.0662. The van der Waals surface area contributed by atoms with Crippen LogP contribution in [0.2, 0.25) is 0 Å². The quantitative estimate of drug-likeness (QED) is 0.803. The number of piperazine rings is 1. The van der Waals surface area contributed by atoms with E-state index in [-0.39, 0.29) is 5.91 Å². The van der Waals surface area contributed by atoms with Crippen LogP contribution in [0.25, 0.3) is 0 Å². The first-order chi connectivity index (χ1) is 11.1. The lowest BCUT2D eigenvalue weighted by atomic mass is 10.0. The highest BCUT2D eigenvalue weighted by atomic mass is 16.2. The summed E-state index contributed by atoms with van der Waals surface area (Å²) in [5.41, 5.74) is 2.39. The molecule has 2 heterocycles. The summed E-state index contributed by atoms with van der Waals surface area (Å²) < 4.78 is 1.73. The molecule has 1 amide bonds. The molecule has 3 rings (SSSR count). The summed E-state index contributed by atoms with van der Waals surface area (Å²) in [7, 11) is 1.80. The molecule has 0 spiro atoms. The first kappa shape index (κ1) is 15.6. The zero-order valence-corrected chi connectivity index (χ0v) is 13.7. The number of amides is 1. The molecule has 1 unspecified atom stereocenters. The Morgan fingerprint density at radius 1 is 1.26 bits per heavy atom. The fraction of sp³-hybridized carbons (Fsp3) is 0.444. The van der Waals surface area contributed by atoms with Crippen LogP contribution >= 0.6 is 0 Å². The Kier molecular flexibility index (Phi) is 4.37. The minimum atomic E-state index is 0.00189. The normalized spacial score (nSPS) is 21.3. The van der Waals surface area contributed by atoms with Gasteiger partial charge in [0.2, 0.25) is 0 Å². The molecule has 1 fully saturated rings. The molecule has 1 aromatic rings. The standard InChI is InChI=1S/C18H23N3O2/c1-14-3-5-16(6-4-14)20-7-9-21(10-8-20)18(23)17-11-15(13-22)12-19(17)2/h3,5-6,11-14H,4,7-10H2,1-2H3. The molecule has 5 nitrogen and oxygen atoms in total. The fourth-order valence-corrected chi connectivity index (χ4v) is 3.15. The predicted octanol–water partition coefficient (Wildman–Crippen LogP) is 2.08. The summed E-state index contributed by atoms with van der Waals surface area (Å²) in [4.78, 5) is 27.7. The second kappa shape index (κ2) is 6.44. The van der Waals surface area contributed by atoms with Crippen molar-refractivity contribution in [2.45, 2.75) is 13.3 Å². The van der Waals surface area contributed by atoms with Crippen LogP contribution in [-0.2, 0) is 7.05 Å². The van der Waals surface area contributed by atoms with Gasteiger partial charge in [0.25, 0.3) is 5.91 Å². The van der Waals surface area contributed by atoms with E-state index in [1.54, 1.807) is 23.9 Å². The Bertz CT molecular complexity index is 664. The number of nitrogens with zero attached hydrogens (tertiary/aromatic N) is 3. The van der Waals surface area contributed by atoms with Crippen molar-refractivity contribution in [1.29, 1.82) is 0 Å². The minimum absolute atomic E-state index is 0.00189. The third kappa shape index (κ3) is 3.23. The van der Waals surface area contributed by atoms with Gasteiger partial charge in [-0.2, -0.15) is 0 Å². The molecule has 1 atom stereocenters. The number of hydrogen-bond donors (Lipinski definition) is 0. The van der Waals surface area contributed by atoms with Crippen LogP contribution in [0.5, 0.6) is 0 Å². The van der Waals surface area contributed by atoms with Gasteiger partial charge < -0.3 is 14.4 Å². The van der Waals surface area contributed by atoms with Crippen LogP contribution in [0, 0.1) is 5.92 Å². The summed E-state index contributed by atoms with van der Waals surface area (Å²) in [6.45, 7) is 5.33. The number of allylic oxidation sites excluding steroid dienone is 3. The maximum absolute atomic E-state index is 12.6. The maximum Gasteiger partial charge on any atom is 0.270 e. The maximum atomic E-state index is 12.6. The molecule has 122 valence electrons. The molecule has 0 saturated carbocycles. The molecule has 0 aromatic carbocycles. The Morgan fingerprint density at radius 3 is 2.57 bits per heavy atom. The van der Waals surface area contributed by atoms with Gasteiger partial charge in [-0.3, -0.25) is 9.59 Å². The van der Waals surface area contributed by atoms with Crippen LogP contribution in [-0.4, -0.2) is 52.7 Å². The summed E-state index contributed by atoms with van der Waals surface area (Å²) in [5.74, 6) is 0.619. The molecular weight excluding hydrogens is 290 g/mol. The Balaban J connectivity index is 1.62. The van der Waals surface area contributed by atoms with Crippen molar-refractivity contribution >= 4 is 12.2 Å². The van der Waals surface area contributed by atoms with Crippen molar-refractivity contribution in [3.05, 3.63) is 47.4 Å². The second-order valence-corrected chi connectivity index (χ2v) is 6.37. The monoisotopic (exact) mass is 313 g/mol. The van der Waals surface area contributed by atoms with Gasteiger partial charge in [-0.25, -0.2) is 0 Å². The van der Waals surface area contributed by atoms with E-state index in [0.29, 0.717) is 30.3 Å². The average Bonchev–Trinajstić information content (AvgIpc) is 2.96. The SMILES string of the molecule is CC1C=CC(N2CCN(C(=O)c3cc(C=O)cn3C)CC2)=CC1.